The third kappa shape index (κ3) is 3.81. The maximum absolute atomic E-state index is 12.9. The first kappa shape index (κ1) is 19.0. The lowest BCUT2D eigenvalue weighted by molar-refractivity contribution is -0.152. The van der Waals surface area contributed by atoms with Gasteiger partial charge in [-0.3, -0.25) is 14.4 Å². The quantitative estimate of drug-likeness (QED) is 0.817. The lowest BCUT2D eigenvalue weighted by Crippen LogP contribution is -2.70. The zero-order chi connectivity index (χ0) is 20.5. The molecule has 2 heterocycles. The predicted molar refractivity (Wildman–Crippen MR) is 106 cm³/mol. The fraction of sp³-hybridized carbons (Fsp3) is 0.318. The Morgan fingerprint density at radius 1 is 1.14 bits per heavy atom. The van der Waals surface area contributed by atoms with Gasteiger partial charge in [-0.2, -0.15) is 0 Å². The first-order chi connectivity index (χ1) is 13.9. The molecule has 2 aliphatic heterocycles. The first-order valence-electron chi connectivity index (χ1n) is 9.67. The van der Waals surface area contributed by atoms with Crippen LogP contribution in [0.2, 0.25) is 0 Å². The molecule has 0 aromatic heterocycles. The summed E-state index contributed by atoms with van der Waals surface area (Å²) < 4.78 is 0. The molecule has 3 amide bonds. The van der Waals surface area contributed by atoms with Crippen molar-refractivity contribution in [3.63, 3.8) is 0 Å². The number of phenols is 1. The summed E-state index contributed by atoms with van der Waals surface area (Å²) in [6.45, 7) is 2.85. The van der Waals surface area contributed by atoms with E-state index in [9.17, 15) is 19.5 Å². The molecule has 2 N–H and O–H groups in total. The maximum atomic E-state index is 12.9. The largest absolute Gasteiger partial charge is 0.508 e. The van der Waals surface area contributed by atoms with Crippen LogP contribution in [-0.4, -0.2) is 64.3 Å². The Hall–Kier alpha value is -3.35. The van der Waals surface area contributed by atoms with Gasteiger partial charge in [0, 0.05) is 25.1 Å². The summed E-state index contributed by atoms with van der Waals surface area (Å²) >= 11 is 0. The third-order valence-electron chi connectivity index (χ3n) is 5.51. The number of nitrogens with zero attached hydrogens (tertiary/aromatic N) is 2. The van der Waals surface area contributed by atoms with Crippen LogP contribution in [0.4, 0.5) is 0 Å². The summed E-state index contributed by atoms with van der Waals surface area (Å²) in [5.41, 5.74) is 2.44. The number of benzene rings is 2. The molecule has 7 heteroatoms. The molecule has 0 spiro atoms. The van der Waals surface area contributed by atoms with E-state index in [0.717, 1.165) is 11.1 Å². The van der Waals surface area contributed by atoms with Crippen molar-refractivity contribution in [3.05, 3.63) is 65.2 Å². The minimum atomic E-state index is -0.666. The van der Waals surface area contributed by atoms with E-state index in [0.29, 0.717) is 25.1 Å². The molecule has 0 radical (unpaired) electrons. The molecule has 150 valence electrons. The van der Waals surface area contributed by atoms with E-state index >= 15 is 0 Å². The summed E-state index contributed by atoms with van der Waals surface area (Å²) in [5.74, 6) is -0.345. The summed E-state index contributed by atoms with van der Waals surface area (Å²) in [5, 5.41) is 12.2. The monoisotopic (exact) mass is 393 g/mol. The minimum Gasteiger partial charge on any atom is -0.508 e. The number of hydrogen-bond donors (Lipinski definition) is 2. The number of aromatic hydroxyl groups is 1. The van der Waals surface area contributed by atoms with Gasteiger partial charge in [0.05, 0.1) is 6.54 Å². The molecule has 0 unspecified atom stereocenters. The Labute approximate surface area is 168 Å². The van der Waals surface area contributed by atoms with Crippen LogP contribution >= 0.6 is 0 Å². The predicted octanol–water partition coefficient (Wildman–Crippen LogP) is 1.09. The molecule has 0 aliphatic carbocycles. The zero-order valence-corrected chi connectivity index (χ0v) is 16.2. The Bertz CT molecular complexity index is 957. The smallest absolute Gasteiger partial charge is 0.254 e. The Balaban J connectivity index is 1.46. The molecule has 2 fully saturated rings. The molecular formula is C22H23N3O4. The van der Waals surface area contributed by atoms with Gasteiger partial charge in [0.1, 0.15) is 17.8 Å². The summed E-state index contributed by atoms with van der Waals surface area (Å²) in [6.07, 6.45) is 0.361. The fourth-order valence-corrected chi connectivity index (χ4v) is 3.95. The topological polar surface area (TPSA) is 90.0 Å². The molecule has 2 saturated heterocycles. The molecule has 7 nitrogen and oxygen atoms in total. The van der Waals surface area contributed by atoms with Crippen LogP contribution in [0.1, 0.15) is 21.5 Å². The van der Waals surface area contributed by atoms with Crippen LogP contribution in [0, 0.1) is 6.92 Å². The number of phenolic OH excluding ortho intramolecular Hbond substituents is 1. The Morgan fingerprint density at radius 3 is 2.62 bits per heavy atom. The van der Waals surface area contributed by atoms with Gasteiger partial charge in [-0.1, -0.05) is 29.8 Å². The molecule has 0 saturated carbocycles. The highest BCUT2D eigenvalue weighted by Crippen LogP contribution is 2.21. The van der Waals surface area contributed by atoms with Crippen molar-refractivity contribution in [2.45, 2.75) is 25.4 Å². The first-order valence-corrected chi connectivity index (χ1v) is 9.67. The highest BCUT2D eigenvalue weighted by Gasteiger charge is 2.44. The van der Waals surface area contributed by atoms with E-state index in [2.05, 4.69) is 5.32 Å². The molecule has 2 aliphatic rings. The fourth-order valence-electron chi connectivity index (χ4n) is 3.95. The molecule has 29 heavy (non-hydrogen) atoms. The minimum absolute atomic E-state index is 0.125. The van der Waals surface area contributed by atoms with Gasteiger partial charge in [-0.25, -0.2) is 0 Å². The number of rotatable bonds is 3. The second kappa shape index (κ2) is 7.58. The SMILES string of the molecule is Cc1cccc(C(=O)N2CCN3C(=O)[C@H](Cc4ccc(O)cc4)NC(=O)[C@H]3C2)c1. The number of fused-ring (bicyclic) bond motifs is 1. The number of amides is 3. The average Bonchev–Trinajstić information content (AvgIpc) is 2.72. The lowest BCUT2D eigenvalue weighted by atomic mass is 9.98. The van der Waals surface area contributed by atoms with E-state index in [4.69, 9.17) is 0 Å². The van der Waals surface area contributed by atoms with Crippen LogP contribution in [0.3, 0.4) is 0 Å². The third-order valence-corrected chi connectivity index (χ3v) is 5.51. The highest BCUT2D eigenvalue weighted by molar-refractivity contribution is 5.99. The van der Waals surface area contributed by atoms with Crippen LogP contribution in [0.5, 0.6) is 5.75 Å². The molecule has 2 aromatic carbocycles. The highest BCUT2D eigenvalue weighted by atomic mass is 16.3. The van der Waals surface area contributed by atoms with Crippen LogP contribution in [-0.2, 0) is 16.0 Å². The molecule has 2 atom stereocenters. The number of aryl methyl sites for hydroxylation is 1. The zero-order valence-electron chi connectivity index (χ0n) is 16.2. The molecule has 2 aromatic rings. The molecular weight excluding hydrogens is 370 g/mol. The van der Waals surface area contributed by atoms with Crippen molar-refractivity contribution in [1.29, 1.82) is 0 Å². The van der Waals surface area contributed by atoms with E-state index in [1.54, 1.807) is 40.1 Å². The average molecular weight is 393 g/mol. The standard InChI is InChI=1S/C22H23N3O4/c1-14-3-2-4-16(11-14)21(28)24-9-10-25-19(13-24)20(27)23-18(22(25)29)12-15-5-7-17(26)8-6-15/h2-8,11,18-19,26H,9-10,12-13H2,1H3,(H,23,27)/t18-,19+/m0/s1. The van der Waals surface area contributed by atoms with E-state index in [1.807, 2.05) is 25.1 Å². The van der Waals surface area contributed by atoms with Gasteiger partial charge >= 0.3 is 0 Å². The van der Waals surface area contributed by atoms with Gasteiger partial charge in [-0.15, -0.1) is 0 Å². The number of hydrogen-bond acceptors (Lipinski definition) is 4. The second-order valence-electron chi connectivity index (χ2n) is 7.60. The van der Waals surface area contributed by atoms with Crippen LogP contribution < -0.4 is 5.32 Å². The second-order valence-corrected chi connectivity index (χ2v) is 7.60. The summed E-state index contributed by atoms with van der Waals surface area (Å²) in [6, 6.07) is 12.6. The summed E-state index contributed by atoms with van der Waals surface area (Å²) in [4.78, 5) is 41.7. The molecule has 0 bridgehead atoms. The van der Waals surface area contributed by atoms with E-state index in [-0.39, 0.29) is 30.0 Å². The number of carbonyl (C=O) groups is 3. The Kier molecular flexibility index (Phi) is 4.96. The lowest BCUT2D eigenvalue weighted by Gasteiger charge is -2.45. The number of carbonyl (C=O) groups excluding carboxylic acids is 3. The maximum Gasteiger partial charge on any atom is 0.254 e. The normalized spacial score (nSPS) is 21.6. The van der Waals surface area contributed by atoms with E-state index in [1.165, 1.54) is 0 Å². The summed E-state index contributed by atoms with van der Waals surface area (Å²) in [7, 11) is 0. The van der Waals surface area contributed by atoms with Crippen LogP contribution in [0.25, 0.3) is 0 Å². The number of piperazine rings is 2. The Morgan fingerprint density at radius 2 is 1.90 bits per heavy atom. The van der Waals surface area contributed by atoms with Crippen molar-refractivity contribution in [1.82, 2.24) is 15.1 Å². The van der Waals surface area contributed by atoms with Gasteiger partial charge in [0.15, 0.2) is 0 Å². The van der Waals surface area contributed by atoms with Gasteiger partial charge in [-0.05, 0) is 36.8 Å². The van der Waals surface area contributed by atoms with Crippen molar-refractivity contribution in [2.75, 3.05) is 19.6 Å². The van der Waals surface area contributed by atoms with Crippen molar-refractivity contribution in [3.8, 4) is 5.75 Å². The van der Waals surface area contributed by atoms with Gasteiger partial charge in [0.25, 0.3) is 5.91 Å². The van der Waals surface area contributed by atoms with Crippen molar-refractivity contribution >= 4 is 17.7 Å². The van der Waals surface area contributed by atoms with Crippen molar-refractivity contribution < 1.29 is 19.5 Å². The van der Waals surface area contributed by atoms with Gasteiger partial charge < -0.3 is 20.2 Å². The van der Waals surface area contributed by atoms with Crippen LogP contribution in [0.15, 0.2) is 48.5 Å². The number of nitrogens with one attached hydrogen (secondary N) is 1. The molecule has 4 rings (SSSR count). The van der Waals surface area contributed by atoms with E-state index < -0.39 is 12.1 Å². The van der Waals surface area contributed by atoms with Gasteiger partial charge in [0.2, 0.25) is 11.8 Å². The van der Waals surface area contributed by atoms with Crippen molar-refractivity contribution in [2.24, 2.45) is 0 Å².